The third-order valence-corrected chi connectivity index (χ3v) is 3.84. The summed E-state index contributed by atoms with van der Waals surface area (Å²) in [5, 5.41) is 0. The summed E-state index contributed by atoms with van der Waals surface area (Å²) in [5.74, 6) is 1.49. The molecule has 0 saturated heterocycles. The van der Waals surface area contributed by atoms with Crippen LogP contribution in [0, 0.1) is 0 Å². The maximum atomic E-state index is 12.2. The van der Waals surface area contributed by atoms with Crippen molar-refractivity contribution in [2.45, 2.75) is 12.5 Å². The lowest BCUT2D eigenvalue weighted by atomic mass is 9.96. The number of hydrogen-bond donors (Lipinski definition) is 0. The number of Topliss-reactive ketones (excluding diaryl/α,β-unsaturated/α-hetero) is 1. The molecular weight excluding hydrogens is 320 g/mol. The van der Waals surface area contributed by atoms with Crippen molar-refractivity contribution in [1.29, 1.82) is 0 Å². The molecule has 1 aliphatic rings. The molecular formula is C16H13BrO3. The molecule has 2 aromatic rings. The highest BCUT2D eigenvalue weighted by Crippen LogP contribution is 2.37. The van der Waals surface area contributed by atoms with E-state index in [4.69, 9.17) is 9.47 Å². The highest BCUT2D eigenvalue weighted by atomic mass is 79.9. The molecule has 0 spiro atoms. The van der Waals surface area contributed by atoms with E-state index in [2.05, 4.69) is 15.9 Å². The van der Waals surface area contributed by atoms with E-state index in [9.17, 15) is 4.79 Å². The molecule has 102 valence electrons. The Kier molecular flexibility index (Phi) is 3.49. The third kappa shape index (κ3) is 2.43. The number of methoxy groups -OCH3 is 1. The van der Waals surface area contributed by atoms with Crippen molar-refractivity contribution < 1.29 is 14.3 Å². The SMILES string of the molecule is COc1cccc(C2CC(=O)c3ccc(Br)cc3O2)c1. The van der Waals surface area contributed by atoms with Gasteiger partial charge in [0.2, 0.25) is 0 Å². The lowest BCUT2D eigenvalue weighted by molar-refractivity contribution is 0.0849. The van der Waals surface area contributed by atoms with Crippen LogP contribution in [-0.4, -0.2) is 12.9 Å². The van der Waals surface area contributed by atoms with E-state index in [-0.39, 0.29) is 11.9 Å². The summed E-state index contributed by atoms with van der Waals surface area (Å²) in [6.45, 7) is 0. The number of ether oxygens (including phenoxy) is 2. The van der Waals surface area contributed by atoms with Gasteiger partial charge < -0.3 is 9.47 Å². The predicted octanol–water partition coefficient (Wildman–Crippen LogP) is 4.16. The monoisotopic (exact) mass is 332 g/mol. The smallest absolute Gasteiger partial charge is 0.170 e. The van der Waals surface area contributed by atoms with E-state index >= 15 is 0 Å². The minimum Gasteiger partial charge on any atom is -0.497 e. The van der Waals surface area contributed by atoms with Crippen LogP contribution in [0.1, 0.15) is 28.4 Å². The predicted molar refractivity (Wildman–Crippen MR) is 79.5 cm³/mol. The Hall–Kier alpha value is -1.81. The number of hydrogen-bond acceptors (Lipinski definition) is 3. The van der Waals surface area contributed by atoms with Crippen molar-refractivity contribution in [3.05, 3.63) is 58.1 Å². The molecule has 1 atom stereocenters. The van der Waals surface area contributed by atoms with E-state index in [1.54, 1.807) is 13.2 Å². The fraction of sp³-hybridized carbons (Fsp3) is 0.188. The normalized spacial score (nSPS) is 17.3. The first kappa shape index (κ1) is 13.2. The average molecular weight is 333 g/mol. The summed E-state index contributed by atoms with van der Waals surface area (Å²) >= 11 is 3.40. The lowest BCUT2D eigenvalue weighted by Crippen LogP contribution is -2.20. The Balaban J connectivity index is 1.96. The molecule has 0 saturated carbocycles. The van der Waals surface area contributed by atoms with E-state index in [1.807, 2.05) is 36.4 Å². The van der Waals surface area contributed by atoms with Crippen LogP contribution < -0.4 is 9.47 Å². The summed E-state index contributed by atoms with van der Waals surface area (Å²) in [6, 6.07) is 13.1. The highest BCUT2D eigenvalue weighted by molar-refractivity contribution is 9.10. The van der Waals surface area contributed by atoms with Crippen molar-refractivity contribution in [3.8, 4) is 11.5 Å². The molecule has 20 heavy (non-hydrogen) atoms. The third-order valence-electron chi connectivity index (χ3n) is 3.35. The van der Waals surface area contributed by atoms with Crippen LogP contribution in [0.5, 0.6) is 11.5 Å². The molecule has 0 aromatic heterocycles. The van der Waals surface area contributed by atoms with E-state index in [0.717, 1.165) is 15.8 Å². The molecule has 0 N–H and O–H groups in total. The Morgan fingerprint density at radius 3 is 2.90 bits per heavy atom. The summed E-state index contributed by atoms with van der Waals surface area (Å²) in [6.07, 6.45) is 0.0846. The summed E-state index contributed by atoms with van der Waals surface area (Å²) in [5.41, 5.74) is 1.59. The molecule has 0 amide bonds. The van der Waals surface area contributed by atoms with Crippen LogP contribution >= 0.6 is 15.9 Å². The maximum Gasteiger partial charge on any atom is 0.170 e. The Morgan fingerprint density at radius 1 is 1.25 bits per heavy atom. The van der Waals surface area contributed by atoms with Gasteiger partial charge in [-0.2, -0.15) is 0 Å². The number of benzene rings is 2. The molecule has 1 aliphatic heterocycles. The van der Waals surface area contributed by atoms with Crippen LogP contribution in [-0.2, 0) is 0 Å². The minimum atomic E-state index is -0.264. The van der Waals surface area contributed by atoms with Crippen LogP contribution in [0.3, 0.4) is 0 Å². The van der Waals surface area contributed by atoms with Crippen molar-refractivity contribution >= 4 is 21.7 Å². The van der Waals surface area contributed by atoms with Crippen molar-refractivity contribution in [2.24, 2.45) is 0 Å². The van der Waals surface area contributed by atoms with Gasteiger partial charge in [0.05, 0.1) is 19.1 Å². The average Bonchev–Trinajstić information content (AvgIpc) is 2.46. The second-order valence-electron chi connectivity index (χ2n) is 4.65. The molecule has 0 fully saturated rings. The van der Waals surface area contributed by atoms with Gasteiger partial charge in [-0.3, -0.25) is 4.79 Å². The number of ketones is 1. The fourth-order valence-electron chi connectivity index (χ4n) is 2.32. The second kappa shape index (κ2) is 5.29. The fourth-order valence-corrected chi connectivity index (χ4v) is 2.67. The van der Waals surface area contributed by atoms with Gasteiger partial charge in [-0.25, -0.2) is 0 Å². The lowest BCUT2D eigenvalue weighted by Gasteiger charge is -2.25. The largest absolute Gasteiger partial charge is 0.497 e. The highest BCUT2D eigenvalue weighted by Gasteiger charge is 2.27. The van der Waals surface area contributed by atoms with E-state index in [1.165, 1.54) is 0 Å². The van der Waals surface area contributed by atoms with Gasteiger partial charge in [-0.15, -0.1) is 0 Å². The summed E-state index contributed by atoms with van der Waals surface area (Å²) in [4.78, 5) is 12.2. The number of carbonyl (C=O) groups is 1. The first-order chi connectivity index (χ1) is 9.67. The van der Waals surface area contributed by atoms with Gasteiger partial charge in [0, 0.05) is 4.47 Å². The molecule has 0 radical (unpaired) electrons. The number of halogens is 1. The van der Waals surface area contributed by atoms with Gasteiger partial charge in [-0.1, -0.05) is 28.1 Å². The maximum absolute atomic E-state index is 12.2. The van der Waals surface area contributed by atoms with Gasteiger partial charge in [0.1, 0.15) is 17.6 Å². The minimum absolute atomic E-state index is 0.103. The standard InChI is InChI=1S/C16H13BrO3/c1-19-12-4-2-3-10(7-12)15-9-14(18)13-6-5-11(17)8-16(13)20-15/h2-8,15H,9H2,1H3. The molecule has 1 heterocycles. The first-order valence-electron chi connectivity index (χ1n) is 6.31. The van der Waals surface area contributed by atoms with Gasteiger partial charge in [0.25, 0.3) is 0 Å². The van der Waals surface area contributed by atoms with Crippen LogP contribution in [0.15, 0.2) is 46.9 Å². The van der Waals surface area contributed by atoms with Gasteiger partial charge in [0.15, 0.2) is 5.78 Å². The molecule has 4 heteroatoms. The van der Waals surface area contributed by atoms with Crippen LogP contribution in [0.2, 0.25) is 0 Å². The topological polar surface area (TPSA) is 35.5 Å². The van der Waals surface area contributed by atoms with Crippen LogP contribution in [0.4, 0.5) is 0 Å². The number of carbonyl (C=O) groups excluding carboxylic acids is 1. The summed E-state index contributed by atoms with van der Waals surface area (Å²) < 4.78 is 12.1. The molecule has 0 bridgehead atoms. The number of fused-ring (bicyclic) bond motifs is 1. The Morgan fingerprint density at radius 2 is 2.10 bits per heavy atom. The molecule has 3 nitrogen and oxygen atoms in total. The van der Waals surface area contributed by atoms with Gasteiger partial charge >= 0.3 is 0 Å². The first-order valence-corrected chi connectivity index (χ1v) is 7.10. The zero-order valence-corrected chi connectivity index (χ0v) is 12.5. The Bertz CT molecular complexity index is 667. The van der Waals surface area contributed by atoms with Crippen molar-refractivity contribution in [3.63, 3.8) is 0 Å². The van der Waals surface area contributed by atoms with Crippen LogP contribution in [0.25, 0.3) is 0 Å². The second-order valence-corrected chi connectivity index (χ2v) is 5.57. The Labute approximate surface area is 125 Å². The number of rotatable bonds is 2. The molecule has 2 aromatic carbocycles. The van der Waals surface area contributed by atoms with Crippen molar-refractivity contribution in [1.82, 2.24) is 0 Å². The molecule has 1 unspecified atom stereocenters. The van der Waals surface area contributed by atoms with Crippen molar-refractivity contribution in [2.75, 3.05) is 7.11 Å². The van der Waals surface area contributed by atoms with Gasteiger partial charge in [-0.05, 0) is 35.9 Å². The quantitative estimate of drug-likeness (QED) is 0.828. The zero-order valence-electron chi connectivity index (χ0n) is 10.9. The van der Waals surface area contributed by atoms with E-state index in [0.29, 0.717) is 17.7 Å². The molecule has 0 aliphatic carbocycles. The summed E-state index contributed by atoms with van der Waals surface area (Å²) in [7, 11) is 1.62. The van der Waals surface area contributed by atoms with E-state index < -0.39 is 0 Å². The molecule has 3 rings (SSSR count). The zero-order chi connectivity index (χ0) is 14.1.